The highest BCUT2D eigenvalue weighted by atomic mass is 32.1. The molecule has 8 heteroatoms. The van der Waals surface area contributed by atoms with Crippen molar-refractivity contribution >= 4 is 27.8 Å². The molecule has 0 atom stereocenters. The number of rotatable bonds is 7. The number of nitrogens with one attached hydrogen (secondary N) is 1. The van der Waals surface area contributed by atoms with Gasteiger partial charge in [-0.1, -0.05) is 5.16 Å². The number of hydrogen-bond acceptors (Lipinski definition) is 8. The van der Waals surface area contributed by atoms with E-state index in [4.69, 9.17) is 15.0 Å². The third kappa shape index (κ3) is 2.85. The number of anilines is 2. The van der Waals surface area contributed by atoms with Crippen LogP contribution >= 0.6 is 11.3 Å². The fourth-order valence-corrected chi connectivity index (χ4v) is 3.19. The van der Waals surface area contributed by atoms with E-state index < -0.39 is 0 Å². The Balaban J connectivity index is 1.71. The maximum atomic E-state index is 12.2. The number of carbonyl (C=O) groups excluding carboxylic acids is 1. The molecule has 0 spiro atoms. The molecule has 1 aliphatic carbocycles. The van der Waals surface area contributed by atoms with Gasteiger partial charge in [-0.05, 0) is 12.8 Å². The first-order valence-corrected chi connectivity index (χ1v) is 7.52. The molecule has 0 aliphatic heterocycles. The van der Waals surface area contributed by atoms with E-state index in [1.807, 2.05) is 0 Å². The summed E-state index contributed by atoms with van der Waals surface area (Å²) in [5, 5.41) is 7.52. The highest BCUT2D eigenvalue weighted by molar-refractivity contribution is 7.19. The molecule has 112 valence electrons. The summed E-state index contributed by atoms with van der Waals surface area (Å²) in [6.45, 7) is 0.593. The summed E-state index contributed by atoms with van der Waals surface area (Å²) < 4.78 is 10.2. The predicted octanol–water partition coefficient (Wildman–Crippen LogP) is 1.97. The van der Waals surface area contributed by atoms with E-state index in [2.05, 4.69) is 15.5 Å². The fourth-order valence-electron chi connectivity index (χ4n) is 2.05. The topological polar surface area (TPSA) is 103 Å². The van der Waals surface area contributed by atoms with E-state index in [1.165, 1.54) is 17.7 Å². The summed E-state index contributed by atoms with van der Waals surface area (Å²) in [5.41, 5.74) is 6.46. The Kier molecular flexibility index (Phi) is 3.78. The minimum absolute atomic E-state index is 0.126. The zero-order valence-corrected chi connectivity index (χ0v) is 12.4. The lowest BCUT2D eigenvalue weighted by molar-refractivity contribution is 0.0972. The summed E-state index contributed by atoms with van der Waals surface area (Å²) >= 11 is 1.35. The second kappa shape index (κ2) is 5.72. The maximum Gasteiger partial charge on any atom is 0.228 e. The molecule has 0 amide bonds. The number of hydrogen-bond donors (Lipinski definition) is 2. The monoisotopic (exact) mass is 308 g/mol. The van der Waals surface area contributed by atoms with Gasteiger partial charge in [-0.2, -0.15) is 4.98 Å². The van der Waals surface area contributed by atoms with Crippen LogP contribution in [0.5, 0.6) is 5.75 Å². The van der Waals surface area contributed by atoms with Crippen LogP contribution in [0.2, 0.25) is 0 Å². The van der Waals surface area contributed by atoms with Crippen molar-refractivity contribution in [2.24, 2.45) is 5.92 Å². The standard InChI is InChI=1S/C13H16N4O3S/c1-19-11-9(14)12(10(18)7-2-3-7)21-13(11)15-5-4-8-16-6-17-20-8/h6-7,15H,2-5,14H2,1H3. The fraction of sp³-hybridized carbons (Fsp3) is 0.462. The Morgan fingerprint density at radius 3 is 3.05 bits per heavy atom. The van der Waals surface area contributed by atoms with Gasteiger partial charge in [0.1, 0.15) is 5.00 Å². The molecule has 1 saturated carbocycles. The van der Waals surface area contributed by atoms with E-state index in [1.54, 1.807) is 7.11 Å². The number of nitrogens with two attached hydrogens (primary N) is 1. The van der Waals surface area contributed by atoms with Crippen LogP contribution in [-0.2, 0) is 6.42 Å². The minimum Gasteiger partial charge on any atom is -0.492 e. The largest absolute Gasteiger partial charge is 0.492 e. The van der Waals surface area contributed by atoms with Gasteiger partial charge >= 0.3 is 0 Å². The Bertz CT molecular complexity index is 634. The number of ether oxygens (including phenoxy) is 1. The maximum absolute atomic E-state index is 12.2. The quantitative estimate of drug-likeness (QED) is 0.754. The molecule has 0 bridgehead atoms. The third-order valence-electron chi connectivity index (χ3n) is 3.31. The van der Waals surface area contributed by atoms with E-state index in [0.29, 0.717) is 35.2 Å². The average molecular weight is 308 g/mol. The lowest BCUT2D eigenvalue weighted by Gasteiger charge is -2.05. The molecule has 1 aliphatic rings. The van der Waals surface area contributed by atoms with Crippen LogP contribution in [0.25, 0.3) is 0 Å². The second-order valence-corrected chi connectivity index (χ2v) is 5.88. The van der Waals surface area contributed by atoms with E-state index >= 15 is 0 Å². The van der Waals surface area contributed by atoms with Gasteiger partial charge in [0.05, 0.1) is 17.7 Å². The normalized spacial score (nSPS) is 14.1. The molecule has 3 rings (SSSR count). The Morgan fingerprint density at radius 1 is 1.62 bits per heavy atom. The Labute approximate surface area is 125 Å². The minimum atomic E-state index is 0.126. The molecule has 7 nitrogen and oxygen atoms in total. The summed E-state index contributed by atoms with van der Waals surface area (Å²) in [7, 11) is 1.55. The van der Waals surface area contributed by atoms with Gasteiger partial charge in [0, 0.05) is 18.9 Å². The van der Waals surface area contributed by atoms with Crippen molar-refractivity contribution in [1.29, 1.82) is 0 Å². The van der Waals surface area contributed by atoms with Crippen molar-refractivity contribution < 1.29 is 14.1 Å². The van der Waals surface area contributed by atoms with Crippen LogP contribution in [0.1, 0.15) is 28.4 Å². The molecule has 1 fully saturated rings. The van der Waals surface area contributed by atoms with Crippen LogP contribution in [0.4, 0.5) is 10.7 Å². The highest BCUT2D eigenvalue weighted by Crippen LogP contribution is 2.45. The highest BCUT2D eigenvalue weighted by Gasteiger charge is 2.34. The number of carbonyl (C=O) groups is 1. The van der Waals surface area contributed by atoms with Gasteiger partial charge in [0.15, 0.2) is 17.9 Å². The first-order chi connectivity index (χ1) is 10.2. The number of aromatic nitrogens is 2. The number of ketones is 1. The zero-order chi connectivity index (χ0) is 14.8. The van der Waals surface area contributed by atoms with Crippen molar-refractivity contribution in [3.8, 4) is 5.75 Å². The van der Waals surface area contributed by atoms with Gasteiger partial charge in [-0.3, -0.25) is 4.79 Å². The van der Waals surface area contributed by atoms with Crippen molar-refractivity contribution in [3.63, 3.8) is 0 Å². The second-order valence-electron chi connectivity index (χ2n) is 4.86. The molecule has 0 radical (unpaired) electrons. The van der Waals surface area contributed by atoms with Crippen LogP contribution in [0, 0.1) is 5.92 Å². The lowest BCUT2D eigenvalue weighted by Crippen LogP contribution is -2.05. The van der Waals surface area contributed by atoms with Crippen LogP contribution < -0.4 is 15.8 Å². The SMILES string of the molecule is COc1c(NCCc2ncno2)sc(C(=O)C2CC2)c1N. The molecule has 2 aromatic rings. The van der Waals surface area contributed by atoms with Crippen LogP contribution in [0.3, 0.4) is 0 Å². The number of nitrogens with zero attached hydrogens (tertiary/aromatic N) is 2. The van der Waals surface area contributed by atoms with Crippen molar-refractivity contribution in [2.45, 2.75) is 19.3 Å². The first-order valence-electron chi connectivity index (χ1n) is 6.70. The van der Waals surface area contributed by atoms with Gasteiger partial charge in [-0.25, -0.2) is 0 Å². The van der Waals surface area contributed by atoms with Crippen LogP contribution in [0.15, 0.2) is 10.9 Å². The van der Waals surface area contributed by atoms with Gasteiger partial charge in [0.2, 0.25) is 5.89 Å². The molecule has 2 aromatic heterocycles. The van der Waals surface area contributed by atoms with E-state index in [-0.39, 0.29) is 11.7 Å². The summed E-state index contributed by atoms with van der Waals surface area (Å²) in [4.78, 5) is 16.7. The van der Waals surface area contributed by atoms with E-state index in [9.17, 15) is 4.79 Å². The average Bonchev–Trinajstić information content (AvgIpc) is 3.11. The van der Waals surface area contributed by atoms with Crippen molar-refractivity contribution in [3.05, 3.63) is 17.1 Å². The Morgan fingerprint density at radius 2 is 2.43 bits per heavy atom. The molecular formula is C13H16N4O3S. The van der Waals surface area contributed by atoms with Crippen molar-refractivity contribution in [1.82, 2.24) is 10.1 Å². The molecular weight excluding hydrogens is 292 g/mol. The molecule has 21 heavy (non-hydrogen) atoms. The molecule has 3 N–H and O–H groups in total. The smallest absolute Gasteiger partial charge is 0.228 e. The van der Waals surface area contributed by atoms with Gasteiger partial charge < -0.3 is 20.3 Å². The zero-order valence-electron chi connectivity index (χ0n) is 11.6. The number of thiophene rings is 1. The van der Waals surface area contributed by atoms with E-state index in [0.717, 1.165) is 17.8 Å². The summed E-state index contributed by atoms with van der Waals surface area (Å²) in [6, 6.07) is 0. The lowest BCUT2D eigenvalue weighted by atomic mass is 10.2. The van der Waals surface area contributed by atoms with Crippen molar-refractivity contribution in [2.75, 3.05) is 24.7 Å². The molecule has 0 aromatic carbocycles. The molecule has 2 heterocycles. The summed E-state index contributed by atoms with van der Waals surface area (Å²) in [6.07, 6.45) is 3.87. The number of Topliss-reactive ketones (excluding diaryl/α,β-unsaturated/α-hetero) is 1. The molecule has 0 unspecified atom stereocenters. The van der Waals surface area contributed by atoms with Gasteiger partial charge in [0.25, 0.3) is 0 Å². The molecule has 0 saturated heterocycles. The third-order valence-corrected chi connectivity index (χ3v) is 4.47. The Hall–Kier alpha value is -2.09. The first kappa shape index (κ1) is 13.9. The summed E-state index contributed by atoms with van der Waals surface area (Å²) in [5.74, 6) is 1.36. The number of methoxy groups -OCH3 is 1. The van der Waals surface area contributed by atoms with Gasteiger partial charge in [-0.15, -0.1) is 11.3 Å². The number of nitrogen functional groups attached to an aromatic ring is 1. The predicted molar refractivity (Wildman–Crippen MR) is 78.8 cm³/mol. The van der Waals surface area contributed by atoms with Crippen LogP contribution in [-0.4, -0.2) is 29.6 Å².